The summed E-state index contributed by atoms with van der Waals surface area (Å²) in [5.74, 6) is 0.890. The number of fused-ring (bicyclic) bond motifs is 1. The Morgan fingerprint density at radius 3 is 2.58 bits per heavy atom. The molecule has 33 heavy (non-hydrogen) atoms. The van der Waals surface area contributed by atoms with E-state index in [4.69, 9.17) is 5.10 Å². The molecule has 5 rings (SSSR count). The molecule has 0 spiro atoms. The predicted molar refractivity (Wildman–Crippen MR) is 127 cm³/mol. The molecule has 1 aromatic carbocycles. The molecule has 1 saturated heterocycles. The second-order valence-electron chi connectivity index (χ2n) is 8.51. The maximum atomic E-state index is 12.7. The maximum absolute atomic E-state index is 12.7. The van der Waals surface area contributed by atoms with E-state index < -0.39 is 0 Å². The Morgan fingerprint density at radius 1 is 1.06 bits per heavy atom. The van der Waals surface area contributed by atoms with Crippen LogP contribution in [-0.2, 0) is 11.3 Å². The summed E-state index contributed by atoms with van der Waals surface area (Å²) in [5, 5.41) is 18.0. The second-order valence-corrected chi connectivity index (χ2v) is 8.51. The molecule has 1 aliphatic heterocycles. The van der Waals surface area contributed by atoms with Crippen LogP contribution >= 0.6 is 0 Å². The lowest BCUT2D eigenvalue weighted by molar-refractivity contribution is -0.125. The van der Waals surface area contributed by atoms with Crippen molar-refractivity contribution in [2.45, 2.75) is 33.2 Å². The lowest BCUT2D eigenvalue weighted by atomic mass is 9.95. The van der Waals surface area contributed by atoms with Gasteiger partial charge in [-0.05, 0) is 50.5 Å². The van der Waals surface area contributed by atoms with Crippen molar-refractivity contribution in [2.75, 3.05) is 18.0 Å². The first kappa shape index (κ1) is 21.1. The van der Waals surface area contributed by atoms with Gasteiger partial charge in [-0.25, -0.2) is 4.68 Å². The van der Waals surface area contributed by atoms with Crippen molar-refractivity contribution in [3.63, 3.8) is 0 Å². The molecule has 0 aliphatic carbocycles. The van der Waals surface area contributed by atoms with Crippen molar-refractivity contribution in [2.24, 2.45) is 5.92 Å². The molecule has 4 aromatic rings. The Bertz CT molecular complexity index is 1260. The molecule has 1 fully saturated rings. The highest BCUT2D eigenvalue weighted by atomic mass is 16.1. The highest BCUT2D eigenvalue weighted by molar-refractivity contribution is 5.92. The number of nitrogens with zero attached hydrogens (tertiary/aromatic N) is 6. The van der Waals surface area contributed by atoms with Crippen molar-refractivity contribution < 1.29 is 4.79 Å². The number of para-hydroxylation sites is 1. The van der Waals surface area contributed by atoms with E-state index in [1.165, 1.54) is 0 Å². The number of piperidine rings is 1. The summed E-state index contributed by atoms with van der Waals surface area (Å²) >= 11 is 0. The quantitative estimate of drug-likeness (QED) is 0.511. The van der Waals surface area contributed by atoms with E-state index in [0.717, 1.165) is 65.3 Å². The number of carbonyl (C=O) groups is 1. The fraction of sp³-hybridized carbons (Fsp3) is 0.320. The third-order valence-corrected chi connectivity index (χ3v) is 6.34. The number of benzene rings is 1. The molecule has 1 N–H and O–H groups in total. The highest BCUT2D eigenvalue weighted by Gasteiger charge is 2.28. The zero-order valence-electron chi connectivity index (χ0n) is 18.9. The number of hydrogen-bond acceptors (Lipinski definition) is 6. The first-order valence-corrected chi connectivity index (χ1v) is 11.3. The van der Waals surface area contributed by atoms with Crippen LogP contribution in [0, 0.1) is 19.8 Å². The van der Waals surface area contributed by atoms with Gasteiger partial charge in [-0.1, -0.05) is 24.3 Å². The summed E-state index contributed by atoms with van der Waals surface area (Å²) in [5.41, 5.74) is 4.81. The molecule has 1 aliphatic rings. The molecule has 168 valence electrons. The van der Waals surface area contributed by atoms with Crippen LogP contribution in [0.5, 0.6) is 0 Å². The van der Waals surface area contributed by atoms with Gasteiger partial charge >= 0.3 is 0 Å². The van der Waals surface area contributed by atoms with Gasteiger partial charge in [-0.15, -0.1) is 5.10 Å². The van der Waals surface area contributed by atoms with E-state index in [2.05, 4.69) is 32.3 Å². The number of aromatic nitrogens is 5. The molecule has 8 heteroatoms. The zero-order valence-corrected chi connectivity index (χ0v) is 18.9. The Morgan fingerprint density at radius 2 is 1.85 bits per heavy atom. The number of rotatable bonds is 5. The molecule has 0 bridgehead atoms. The summed E-state index contributed by atoms with van der Waals surface area (Å²) in [6.07, 6.45) is 5.06. The molecule has 4 heterocycles. The van der Waals surface area contributed by atoms with Gasteiger partial charge in [0.1, 0.15) is 5.52 Å². The summed E-state index contributed by atoms with van der Waals surface area (Å²) in [6.45, 7) is 6.04. The van der Waals surface area contributed by atoms with Crippen LogP contribution in [-0.4, -0.2) is 44.0 Å². The number of carbonyl (C=O) groups excluding carboxylic acids is 1. The van der Waals surface area contributed by atoms with Gasteiger partial charge in [0, 0.05) is 37.9 Å². The summed E-state index contributed by atoms with van der Waals surface area (Å²) in [6, 6.07) is 14.0. The van der Waals surface area contributed by atoms with E-state index in [-0.39, 0.29) is 11.8 Å². The standard InChI is InChI=1S/C25H27N7O/c1-17-22-18(2)32(21-8-4-3-5-9-21)30-23(22)24(29-28-17)31-13-10-20(11-14-31)25(33)27-16-19-7-6-12-26-15-19/h3-9,12,15,20H,10-11,13-14,16H2,1-2H3,(H,27,33). The van der Waals surface area contributed by atoms with Crippen molar-refractivity contribution in [3.05, 3.63) is 71.8 Å². The van der Waals surface area contributed by atoms with Gasteiger partial charge < -0.3 is 10.2 Å². The average Bonchev–Trinajstić information content (AvgIpc) is 3.22. The van der Waals surface area contributed by atoms with Crippen LogP contribution in [0.4, 0.5) is 5.82 Å². The van der Waals surface area contributed by atoms with Crippen LogP contribution in [0.15, 0.2) is 54.9 Å². The fourth-order valence-electron chi connectivity index (χ4n) is 4.53. The normalized spacial score (nSPS) is 14.5. The molecule has 0 atom stereocenters. The summed E-state index contributed by atoms with van der Waals surface area (Å²) in [4.78, 5) is 19.0. The molecule has 0 unspecified atom stereocenters. The predicted octanol–water partition coefficient (Wildman–Crippen LogP) is 3.36. The lowest BCUT2D eigenvalue weighted by Gasteiger charge is -2.32. The first-order chi connectivity index (χ1) is 16.1. The molecule has 8 nitrogen and oxygen atoms in total. The van der Waals surface area contributed by atoms with Crippen LogP contribution in [0.2, 0.25) is 0 Å². The van der Waals surface area contributed by atoms with Crippen molar-refractivity contribution in [1.82, 2.24) is 30.3 Å². The first-order valence-electron chi connectivity index (χ1n) is 11.3. The SMILES string of the molecule is Cc1nnc(N2CCC(C(=O)NCc3cccnc3)CC2)c2nn(-c3ccccc3)c(C)c12. The van der Waals surface area contributed by atoms with Gasteiger partial charge in [0.15, 0.2) is 5.82 Å². The van der Waals surface area contributed by atoms with Crippen LogP contribution in [0.1, 0.15) is 29.8 Å². The van der Waals surface area contributed by atoms with Gasteiger partial charge in [-0.2, -0.15) is 10.2 Å². The van der Waals surface area contributed by atoms with E-state index in [9.17, 15) is 4.79 Å². The Balaban J connectivity index is 1.32. The molecule has 3 aromatic heterocycles. The second kappa shape index (κ2) is 8.97. The maximum Gasteiger partial charge on any atom is 0.223 e. The minimum atomic E-state index is -0.00423. The minimum absolute atomic E-state index is 0.00423. The Hall–Kier alpha value is -3.81. The molecule has 0 radical (unpaired) electrons. The van der Waals surface area contributed by atoms with Crippen LogP contribution in [0.3, 0.4) is 0 Å². The number of aryl methyl sites for hydroxylation is 2. The molecule has 0 saturated carbocycles. The largest absolute Gasteiger partial charge is 0.353 e. The topological polar surface area (TPSA) is 88.8 Å². The van der Waals surface area contributed by atoms with Gasteiger partial charge in [-0.3, -0.25) is 9.78 Å². The van der Waals surface area contributed by atoms with Crippen molar-refractivity contribution in [1.29, 1.82) is 0 Å². The monoisotopic (exact) mass is 441 g/mol. The van der Waals surface area contributed by atoms with Crippen LogP contribution in [0.25, 0.3) is 16.6 Å². The van der Waals surface area contributed by atoms with Crippen molar-refractivity contribution in [3.8, 4) is 5.69 Å². The van der Waals surface area contributed by atoms with Gasteiger partial charge in [0.2, 0.25) is 5.91 Å². The van der Waals surface area contributed by atoms with E-state index in [1.807, 2.05) is 54.1 Å². The smallest absolute Gasteiger partial charge is 0.223 e. The van der Waals surface area contributed by atoms with Crippen LogP contribution < -0.4 is 10.2 Å². The third kappa shape index (κ3) is 4.16. The van der Waals surface area contributed by atoms with Gasteiger partial charge in [0.05, 0.1) is 22.5 Å². The summed E-state index contributed by atoms with van der Waals surface area (Å²) < 4.78 is 1.96. The Kier molecular flexibility index (Phi) is 5.73. The molecular weight excluding hydrogens is 414 g/mol. The average molecular weight is 442 g/mol. The molecule has 1 amide bonds. The third-order valence-electron chi connectivity index (χ3n) is 6.34. The highest BCUT2D eigenvalue weighted by Crippen LogP contribution is 2.31. The van der Waals surface area contributed by atoms with E-state index in [1.54, 1.807) is 12.4 Å². The lowest BCUT2D eigenvalue weighted by Crippen LogP contribution is -2.40. The van der Waals surface area contributed by atoms with E-state index >= 15 is 0 Å². The van der Waals surface area contributed by atoms with Crippen molar-refractivity contribution >= 4 is 22.6 Å². The van der Waals surface area contributed by atoms with E-state index in [0.29, 0.717) is 6.54 Å². The number of nitrogens with one attached hydrogen (secondary N) is 1. The zero-order chi connectivity index (χ0) is 22.8. The Labute approximate surface area is 192 Å². The van der Waals surface area contributed by atoms with Gasteiger partial charge in [0.25, 0.3) is 0 Å². The minimum Gasteiger partial charge on any atom is -0.353 e. The fourth-order valence-corrected chi connectivity index (χ4v) is 4.53. The summed E-state index contributed by atoms with van der Waals surface area (Å²) in [7, 11) is 0. The number of pyridine rings is 1. The molecular formula is C25H27N7O. The number of amides is 1. The number of hydrogen-bond donors (Lipinski definition) is 1. The number of anilines is 1.